The van der Waals surface area contributed by atoms with Crippen LogP contribution in [0.5, 0.6) is 17.4 Å². The van der Waals surface area contributed by atoms with Crippen LogP contribution in [0.2, 0.25) is 0 Å². The number of nitrogens with zero attached hydrogens (tertiary/aromatic N) is 1. The molecule has 0 saturated carbocycles. The van der Waals surface area contributed by atoms with Crippen LogP contribution in [0.1, 0.15) is 0 Å². The molecule has 0 saturated heterocycles. The summed E-state index contributed by atoms with van der Waals surface area (Å²) in [6, 6.07) is 15.0. The molecule has 4 heteroatoms. The summed E-state index contributed by atoms with van der Waals surface area (Å²) in [4.78, 5) is 4.29. The Morgan fingerprint density at radius 1 is 0.900 bits per heavy atom. The first kappa shape index (κ1) is 12.3. The van der Waals surface area contributed by atoms with E-state index in [1.165, 1.54) is 0 Å². The Bertz CT molecular complexity index is 756. The predicted octanol–water partition coefficient (Wildman–Crippen LogP) is 3.62. The molecule has 0 atom stereocenters. The van der Waals surface area contributed by atoms with Gasteiger partial charge in [0.2, 0.25) is 5.88 Å². The van der Waals surface area contributed by atoms with E-state index in [1.807, 2.05) is 42.5 Å². The monoisotopic (exact) mass is 266 g/mol. The molecule has 1 heterocycles. The van der Waals surface area contributed by atoms with Gasteiger partial charge in [0.05, 0.1) is 12.8 Å². The first-order valence-corrected chi connectivity index (χ1v) is 6.23. The van der Waals surface area contributed by atoms with Crippen molar-refractivity contribution in [2.24, 2.45) is 0 Å². The van der Waals surface area contributed by atoms with Crippen molar-refractivity contribution in [1.82, 2.24) is 4.98 Å². The average Bonchev–Trinajstić information content (AvgIpc) is 2.49. The molecule has 0 spiro atoms. The topological polar surface area (TPSA) is 57.4 Å². The number of nitrogens with two attached hydrogens (primary N) is 1. The third-order valence-corrected chi connectivity index (χ3v) is 3.08. The quantitative estimate of drug-likeness (QED) is 0.736. The van der Waals surface area contributed by atoms with Crippen molar-refractivity contribution in [3.05, 3.63) is 54.7 Å². The number of methoxy groups -OCH3 is 1. The zero-order valence-electron chi connectivity index (χ0n) is 11.0. The summed E-state index contributed by atoms with van der Waals surface area (Å²) in [6.07, 6.45) is 1.69. The van der Waals surface area contributed by atoms with Crippen molar-refractivity contribution < 1.29 is 9.47 Å². The summed E-state index contributed by atoms with van der Waals surface area (Å²) in [7, 11) is 1.64. The van der Waals surface area contributed by atoms with Crippen LogP contribution in [0.25, 0.3) is 10.8 Å². The van der Waals surface area contributed by atoms with Gasteiger partial charge in [-0.25, -0.2) is 4.98 Å². The van der Waals surface area contributed by atoms with E-state index in [9.17, 15) is 0 Å². The predicted molar refractivity (Wildman–Crippen MR) is 79.2 cm³/mol. The summed E-state index contributed by atoms with van der Waals surface area (Å²) in [5.41, 5.74) is 6.47. The van der Waals surface area contributed by atoms with Crippen LogP contribution < -0.4 is 15.2 Å². The van der Waals surface area contributed by atoms with Gasteiger partial charge in [-0.3, -0.25) is 0 Å². The van der Waals surface area contributed by atoms with E-state index < -0.39 is 0 Å². The van der Waals surface area contributed by atoms with Crippen molar-refractivity contribution in [3.63, 3.8) is 0 Å². The number of pyridine rings is 1. The second-order valence-corrected chi connectivity index (χ2v) is 4.31. The molecule has 2 aromatic carbocycles. The average molecular weight is 266 g/mol. The van der Waals surface area contributed by atoms with Crippen LogP contribution in [-0.2, 0) is 0 Å². The van der Waals surface area contributed by atoms with Gasteiger partial charge in [-0.05, 0) is 30.3 Å². The molecule has 100 valence electrons. The largest absolute Gasteiger partial charge is 0.496 e. The molecule has 0 bridgehead atoms. The SMILES string of the molecule is COc1cccc2c(Oc3ccccc3N)nccc12. The van der Waals surface area contributed by atoms with Gasteiger partial charge in [0, 0.05) is 17.0 Å². The minimum atomic E-state index is 0.513. The number of nitrogen functional groups attached to an aromatic ring is 1. The van der Waals surface area contributed by atoms with E-state index in [0.29, 0.717) is 17.3 Å². The molecule has 20 heavy (non-hydrogen) atoms. The second-order valence-electron chi connectivity index (χ2n) is 4.31. The summed E-state index contributed by atoms with van der Waals surface area (Å²) in [5, 5.41) is 1.84. The Morgan fingerprint density at radius 2 is 1.70 bits per heavy atom. The molecule has 0 aliphatic carbocycles. The fourth-order valence-electron chi connectivity index (χ4n) is 2.09. The summed E-state index contributed by atoms with van der Waals surface area (Å²) < 4.78 is 11.2. The molecule has 3 rings (SSSR count). The lowest BCUT2D eigenvalue weighted by atomic mass is 10.1. The Hall–Kier alpha value is -2.75. The smallest absolute Gasteiger partial charge is 0.227 e. The highest BCUT2D eigenvalue weighted by molar-refractivity contribution is 5.92. The Morgan fingerprint density at radius 3 is 2.50 bits per heavy atom. The third-order valence-electron chi connectivity index (χ3n) is 3.08. The second kappa shape index (κ2) is 5.09. The van der Waals surface area contributed by atoms with Gasteiger partial charge in [0.15, 0.2) is 5.75 Å². The molecule has 3 aromatic rings. The molecule has 0 unspecified atom stereocenters. The third kappa shape index (κ3) is 2.12. The molecule has 0 aliphatic rings. The van der Waals surface area contributed by atoms with Gasteiger partial charge in [-0.2, -0.15) is 0 Å². The molecule has 1 aromatic heterocycles. The highest BCUT2D eigenvalue weighted by Gasteiger charge is 2.09. The molecular formula is C16H14N2O2. The van der Waals surface area contributed by atoms with Crippen molar-refractivity contribution >= 4 is 16.5 Å². The van der Waals surface area contributed by atoms with Crippen LogP contribution in [0.4, 0.5) is 5.69 Å². The van der Waals surface area contributed by atoms with Crippen LogP contribution in [0, 0.1) is 0 Å². The molecule has 4 nitrogen and oxygen atoms in total. The number of hydrogen-bond donors (Lipinski definition) is 1. The lowest BCUT2D eigenvalue weighted by Gasteiger charge is -2.11. The molecule has 0 amide bonds. The zero-order chi connectivity index (χ0) is 13.9. The molecule has 0 fully saturated rings. The number of aromatic nitrogens is 1. The van der Waals surface area contributed by atoms with E-state index in [0.717, 1.165) is 16.5 Å². The van der Waals surface area contributed by atoms with Gasteiger partial charge >= 0.3 is 0 Å². The van der Waals surface area contributed by atoms with Gasteiger partial charge in [-0.15, -0.1) is 0 Å². The standard InChI is InChI=1S/C16H14N2O2/c1-19-14-8-4-5-12-11(14)9-10-18-16(12)20-15-7-3-2-6-13(15)17/h2-10H,17H2,1H3. The van der Waals surface area contributed by atoms with E-state index in [-0.39, 0.29) is 0 Å². The fraction of sp³-hybridized carbons (Fsp3) is 0.0625. The van der Waals surface area contributed by atoms with Crippen molar-refractivity contribution in [1.29, 1.82) is 0 Å². The number of rotatable bonds is 3. The van der Waals surface area contributed by atoms with Crippen LogP contribution >= 0.6 is 0 Å². The van der Waals surface area contributed by atoms with Crippen LogP contribution in [0.15, 0.2) is 54.7 Å². The maximum Gasteiger partial charge on any atom is 0.227 e. The summed E-state index contributed by atoms with van der Waals surface area (Å²) in [6.45, 7) is 0. The van der Waals surface area contributed by atoms with Crippen molar-refractivity contribution in [2.45, 2.75) is 0 Å². The highest BCUT2D eigenvalue weighted by Crippen LogP contribution is 2.34. The fourth-order valence-corrected chi connectivity index (χ4v) is 2.09. The first-order valence-electron chi connectivity index (χ1n) is 6.23. The van der Waals surface area contributed by atoms with Crippen molar-refractivity contribution in [2.75, 3.05) is 12.8 Å². The van der Waals surface area contributed by atoms with Crippen molar-refractivity contribution in [3.8, 4) is 17.4 Å². The highest BCUT2D eigenvalue weighted by atomic mass is 16.5. The number of fused-ring (bicyclic) bond motifs is 1. The van der Waals surface area contributed by atoms with E-state index >= 15 is 0 Å². The molecule has 2 N–H and O–H groups in total. The van der Waals surface area contributed by atoms with E-state index in [2.05, 4.69) is 4.98 Å². The Balaban J connectivity index is 2.11. The maximum atomic E-state index is 5.89. The van der Waals surface area contributed by atoms with Gasteiger partial charge in [-0.1, -0.05) is 18.2 Å². The molecule has 0 radical (unpaired) electrons. The van der Waals surface area contributed by atoms with E-state index in [1.54, 1.807) is 19.4 Å². The number of para-hydroxylation sites is 2. The Labute approximate surface area is 116 Å². The maximum absolute atomic E-state index is 5.89. The van der Waals surface area contributed by atoms with Gasteiger partial charge in [0.25, 0.3) is 0 Å². The lowest BCUT2D eigenvalue weighted by molar-refractivity contribution is 0.419. The van der Waals surface area contributed by atoms with Gasteiger partial charge in [0.1, 0.15) is 5.75 Å². The zero-order valence-corrected chi connectivity index (χ0v) is 11.0. The normalized spacial score (nSPS) is 10.4. The lowest BCUT2D eigenvalue weighted by Crippen LogP contribution is -1.94. The Kier molecular flexibility index (Phi) is 3.13. The minimum Gasteiger partial charge on any atom is -0.496 e. The number of benzene rings is 2. The number of anilines is 1. The molecular weight excluding hydrogens is 252 g/mol. The first-order chi connectivity index (χ1) is 9.79. The summed E-state index contributed by atoms with van der Waals surface area (Å²) in [5.74, 6) is 1.89. The van der Waals surface area contributed by atoms with Gasteiger partial charge < -0.3 is 15.2 Å². The van der Waals surface area contributed by atoms with Crippen LogP contribution in [0.3, 0.4) is 0 Å². The van der Waals surface area contributed by atoms with Crippen LogP contribution in [-0.4, -0.2) is 12.1 Å². The summed E-state index contributed by atoms with van der Waals surface area (Å²) >= 11 is 0. The number of ether oxygens (including phenoxy) is 2. The molecule has 0 aliphatic heterocycles. The minimum absolute atomic E-state index is 0.513. The van der Waals surface area contributed by atoms with E-state index in [4.69, 9.17) is 15.2 Å². The number of hydrogen-bond acceptors (Lipinski definition) is 4.